The molecule has 6 nitrogen and oxygen atoms in total. The molecular formula is C14H11ClN2O4. The highest BCUT2D eigenvalue weighted by atomic mass is 35.5. The molecule has 108 valence electrons. The van der Waals surface area contributed by atoms with Gasteiger partial charge in [0.25, 0.3) is 5.69 Å². The second kappa shape index (κ2) is 5.80. The molecular weight excluding hydrogens is 296 g/mol. The minimum atomic E-state index is -1.16. The Kier molecular flexibility index (Phi) is 4.09. The van der Waals surface area contributed by atoms with Gasteiger partial charge in [-0.05, 0) is 36.8 Å². The average molecular weight is 307 g/mol. The third-order valence-electron chi connectivity index (χ3n) is 2.83. The summed E-state index contributed by atoms with van der Waals surface area (Å²) in [5.74, 6) is -1.16. The van der Waals surface area contributed by atoms with Gasteiger partial charge in [-0.3, -0.25) is 10.1 Å². The zero-order valence-electron chi connectivity index (χ0n) is 11.0. The van der Waals surface area contributed by atoms with Crippen LogP contribution in [0.25, 0.3) is 0 Å². The van der Waals surface area contributed by atoms with Crippen molar-refractivity contribution in [1.29, 1.82) is 0 Å². The number of carboxylic acids is 1. The van der Waals surface area contributed by atoms with Crippen LogP contribution in [-0.4, -0.2) is 16.0 Å². The summed E-state index contributed by atoms with van der Waals surface area (Å²) >= 11 is 6.06. The second-order valence-electron chi connectivity index (χ2n) is 4.40. The molecule has 0 aliphatic heterocycles. The summed E-state index contributed by atoms with van der Waals surface area (Å²) < 4.78 is 0. The number of nitro groups is 1. The van der Waals surface area contributed by atoms with E-state index in [0.717, 1.165) is 11.6 Å². The van der Waals surface area contributed by atoms with Crippen molar-refractivity contribution in [3.8, 4) is 0 Å². The van der Waals surface area contributed by atoms with Crippen molar-refractivity contribution in [3.05, 3.63) is 62.7 Å². The Morgan fingerprint density at radius 2 is 1.95 bits per heavy atom. The van der Waals surface area contributed by atoms with Crippen LogP contribution in [0.4, 0.5) is 17.1 Å². The Labute approximate surface area is 125 Å². The number of anilines is 2. The lowest BCUT2D eigenvalue weighted by Gasteiger charge is -2.10. The van der Waals surface area contributed by atoms with Crippen LogP contribution in [0.3, 0.4) is 0 Å². The monoisotopic (exact) mass is 306 g/mol. The number of aryl methyl sites for hydroxylation is 1. The van der Waals surface area contributed by atoms with E-state index >= 15 is 0 Å². The summed E-state index contributed by atoms with van der Waals surface area (Å²) in [5.41, 5.74) is 1.21. The van der Waals surface area contributed by atoms with Gasteiger partial charge in [-0.15, -0.1) is 0 Å². The molecule has 2 aromatic carbocycles. The van der Waals surface area contributed by atoms with Gasteiger partial charge < -0.3 is 10.4 Å². The second-order valence-corrected chi connectivity index (χ2v) is 4.81. The smallest absolute Gasteiger partial charge is 0.335 e. The van der Waals surface area contributed by atoms with E-state index in [4.69, 9.17) is 16.7 Å². The number of hydrogen-bond donors (Lipinski definition) is 2. The van der Waals surface area contributed by atoms with Crippen molar-refractivity contribution in [2.75, 3.05) is 5.32 Å². The Hall–Kier alpha value is -2.60. The van der Waals surface area contributed by atoms with Crippen molar-refractivity contribution in [2.24, 2.45) is 0 Å². The first-order valence-electron chi connectivity index (χ1n) is 5.93. The van der Waals surface area contributed by atoms with E-state index in [-0.39, 0.29) is 16.9 Å². The molecule has 0 unspecified atom stereocenters. The molecule has 0 aliphatic rings. The fourth-order valence-electron chi connectivity index (χ4n) is 1.79. The number of carboxylic acid groups (broad SMARTS) is 1. The van der Waals surface area contributed by atoms with Crippen molar-refractivity contribution in [3.63, 3.8) is 0 Å². The van der Waals surface area contributed by atoms with Crippen LogP contribution in [0.2, 0.25) is 5.02 Å². The molecule has 0 saturated carbocycles. The topological polar surface area (TPSA) is 92.5 Å². The molecule has 7 heteroatoms. The van der Waals surface area contributed by atoms with Gasteiger partial charge in [0, 0.05) is 6.07 Å². The van der Waals surface area contributed by atoms with E-state index in [2.05, 4.69) is 5.32 Å². The van der Waals surface area contributed by atoms with Crippen LogP contribution in [0.1, 0.15) is 15.9 Å². The Morgan fingerprint density at radius 3 is 2.52 bits per heavy atom. The molecule has 2 aromatic rings. The highest BCUT2D eigenvalue weighted by molar-refractivity contribution is 6.33. The number of benzene rings is 2. The first kappa shape index (κ1) is 14.8. The lowest BCUT2D eigenvalue weighted by atomic mass is 10.1. The number of rotatable bonds is 4. The maximum absolute atomic E-state index is 11.0. The molecule has 0 atom stereocenters. The molecule has 0 bridgehead atoms. The van der Waals surface area contributed by atoms with E-state index in [0.29, 0.717) is 10.7 Å². The van der Waals surface area contributed by atoms with Crippen LogP contribution in [0.5, 0.6) is 0 Å². The van der Waals surface area contributed by atoms with Gasteiger partial charge in [0.15, 0.2) is 0 Å². The highest BCUT2D eigenvalue weighted by Gasteiger charge is 2.17. The quantitative estimate of drug-likeness (QED) is 0.658. The zero-order valence-corrected chi connectivity index (χ0v) is 11.7. The van der Waals surface area contributed by atoms with Gasteiger partial charge >= 0.3 is 5.97 Å². The molecule has 0 heterocycles. The van der Waals surface area contributed by atoms with Crippen LogP contribution >= 0.6 is 11.6 Å². The molecule has 2 rings (SSSR count). The lowest BCUT2D eigenvalue weighted by molar-refractivity contribution is -0.383. The number of nitrogens with one attached hydrogen (secondary N) is 1. The molecule has 0 spiro atoms. The largest absolute Gasteiger partial charge is 0.478 e. The fourth-order valence-corrected chi connectivity index (χ4v) is 2.08. The first-order chi connectivity index (χ1) is 9.88. The van der Waals surface area contributed by atoms with Crippen molar-refractivity contribution < 1.29 is 14.8 Å². The molecule has 21 heavy (non-hydrogen) atoms. The lowest BCUT2D eigenvalue weighted by Crippen LogP contribution is -2.02. The number of aromatic carboxylic acids is 1. The Bertz CT molecular complexity index is 731. The van der Waals surface area contributed by atoms with Gasteiger partial charge in [0.05, 0.1) is 21.2 Å². The van der Waals surface area contributed by atoms with Gasteiger partial charge in [-0.25, -0.2) is 4.79 Å². The third-order valence-corrected chi connectivity index (χ3v) is 3.15. The van der Waals surface area contributed by atoms with Gasteiger partial charge in [0.2, 0.25) is 0 Å². The summed E-state index contributed by atoms with van der Waals surface area (Å²) in [6.45, 7) is 1.86. The normalized spacial score (nSPS) is 10.2. The van der Waals surface area contributed by atoms with E-state index in [9.17, 15) is 14.9 Å². The van der Waals surface area contributed by atoms with Crippen LogP contribution in [0.15, 0.2) is 36.4 Å². The van der Waals surface area contributed by atoms with Gasteiger partial charge in [0.1, 0.15) is 5.69 Å². The molecule has 0 radical (unpaired) electrons. The molecule has 0 amide bonds. The third kappa shape index (κ3) is 3.29. The summed E-state index contributed by atoms with van der Waals surface area (Å²) in [6, 6.07) is 8.71. The van der Waals surface area contributed by atoms with Crippen molar-refractivity contribution >= 4 is 34.6 Å². The predicted octanol–water partition coefficient (Wildman–Crippen LogP) is 4.00. The van der Waals surface area contributed by atoms with E-state index in [1.807, 2.05) is 6.92 Å². The van der Waals surface area contributed by atoms with Crippen LogP contribution < -0.4 is 5.32 Å². The van der Waals surface area contributed by atoms with Gasteiger partial charge in [-0.1, -0.05) is 17.7 Å². The maximum atomic E-state index is 11.0. The standard InChI is InChI=1S/C14H11ClN2O4/c1-8-2-4-11(10(15)6-8)16-12-7-9(14(18)19)3-5-13(12)17(20)21/h2-7,16H,1H3,(H,18,19). The molecule has 2 N–H and O–H groups in total. The average Bonchev–Trinajstić information content (AvgIpc) is 2.41. The summed E-state index contributed by atoms with van der Waals surface area (Å²) in [6.07, 6.45) is 0. The minimum absolute atomic E-state index is 0.0497. The molecule has 0 fully saturated rings. The number of halogens is 1. The first-order valence-corrected chi connectivity index (χ1v) is 6.31. The van der Waals surface area contributed by atoms with Crippen molar-refractivity contribution in [2.45, 2.75) is 6.92 Å². The van der Waals surface area contributed by atoms with Crippen LogP contribution in [0, 0.1) is 17.0 Å². The van der Waals surface area contributed by atoms with E-state index in [1.165, 1.54) is 12.1 Å². The van der Waals surface area contributed by atoms with Crippen LogP contribution in [-0.2, 0) is 0 Å². The van der Waals surface area contributed by atoms with E-state index in [1.54, 1.807) is 18.2 Å². The number of nitrogens with zero attached hydrogens (tertiary/aromatic N) is 1. The minimum Gasteiger partial charge on any atom is -0.478 e. The summed E-state index contributed by atoms with van der Waals surface area (Å²) in [4.78, 5) is 21.4. The van der Waals surface area contributed by atoms with E-state index < -0.39 is 10.9 Å². The SMILES string of the molecule is Cc1ccc(Nc2cc(C(=O)O)ccc2[N+](=O)[O-])c(Cl)c1. The number of carbonyl (C=O) groups is 1. The Morgan fingerprint density at radius 1 is 1.24 bits per heavy atom. The zero-order chi connectivity index (χ0) is 15.6. The fraction of sp³-hybridized carbons (Fsp3) is 0.0714. The number of nitro benzene ring substituents is 1. The van der Waals surface area contributed by atoms with Gasteiger partial charge in [-0.2, -0.15) is 0 Å². The summed E-state index contributed by atoms with van der Waals surface area (Å²) in [5, 5.41) is 23.2. The Balaban J connectivity index is 2.48. The highest BCUT2D eigenvalue weighted by Crippen LogP contribution is 2.32. The molecule has 0 saturated heterocycles. The number of hydrogen-bond acceptors (Lipinski definition) is 4. The predicted molar refractivity (Wildman–Crippen MR) is 79.5 cm³/mol. The van der Waals surface area contributed by atoms with Crippen molar-refractivity contribution in [1.82, 2.24) is 0 Å². The summed E-state index contributed by atoms with van der Waals surface area (Å²) in [7, 11) is 0. The maximum Gasteiger partial charge on any atom is 0.335 e. The molecule has 0 aromatic heterocycles. The molecule has 0 aliphatic carbocycles.